The zero-order chi connectivity index (χ0) is 13.8. The highest BCUT2D eigenvalue weighted by Gasteiger charge is 2.07. The van der Waals surface area contributed by atoms with Crippen molar-refractivity contribution in [2.45, 2.75) is 26.7 Å². The number of carbonyl (C=O) groups is 1. The molecule has 0 aromatic heterocycles. The quantitative estimate of drug-likeness (QED) is 0.882. The van der Waals surface area contributed by atoms with E-state index in [1.54, 1.807) is 12.1 Å². The van der Waals surface area contributed by atoms with Gasteiger partial charge in [-0.2, -0.15) is 0 Å². The molecule has 0 saturated carbocycles. The van der Waals surface area contributed by atoms with Crippen LogP contribution >= 0.6 is 0 Å². The summed E-state index contributed by atoms with van der Waals surface area (Å²) in [5, 5.41) is 9.12. The van der Waals surface area contributed by atoms with Crippen molar-refractivity contribution >= 4 is 5.97 Å². The van der Waals surface area contributed by atoms with Crippen LogP contribution in [0.4, 0.5) is 0 Å². The van der Waals surface area contributed by atoms with Crippen molar-refractivity contribution in [2.24, 2.45) is 0 Å². The highest BCUT2D eigenvalue weighted by molar-refractivity contribution is 5.89. The molecule has 0 fully saturated rings. The molecule has 0 aliphatic heterocycles. The second-order valence-corrected chi connectivity index (χ2v) is 4.84. The van der Waals surface area contributed by atoms with Crippen LogP contribution in [0.2, 0.25) is 0 Å². The van der Waals surface area contributed by atoms with Crippen molar-refractivity contribution in [3.63, 3.8) is 0 Å². The molecule has 0 amide bonds. The van der Waals surface area contributed by atoms with Crippen LogP contribution in [0.3, 0.4) is 0 Å². The third-order valence-corrected chi connectivity index (χ3v) is 3.12. The molecule has 0 bridgehead atoms. The largest absolute Gasteiger partial charge is 0.478 e. The minimum Gasteiger partial charge on any atom is -0.478 e. The molecule has 2 heteroatoms. The monoisotopic (exact) mass is 254 g/mol. The van der Waals surface area contributed by atoms with E-state index < -0.39 is 5.97 Å². The van der Waals surface area contributed by atoms with Gasteiger partial charge in [0.25, 0.3) is 0 Å². The fraction of sp³-hybridized carbons (Fsp3) is 0.235. The van der Waals surface area contributed by atoms with Gasteiger partial charge in [-0.3, -0.25) is 0 Å². The minimum atomic E-state index is -0.880. The lowest BCUT2D eigenvalue weighted by molar-refractivity contribution is 0.0697. The van der Waals surface area contributed by atoms with Gasteiger partial charge in [-0.15, -0.1) is 0 Å². The molecule has 0 saturated heterocycles. The first kappa shape index (κ1) is 13.3. The number of rotatable bonds is 4. The van der Waals surface area contributed by atoms with Crippen LogP contribution in [0, 0.1) is 6.92 Å². The molecular weight excluding hydrogens is 236 g/mol. The number of carboxylic acid groups (broad SMARTS) is 1. The van der Waals surface area contributed by atoms with E-state index in [9.17, 15) is 4.79 Å². The number of aromatic carboxylic acids is 1. The summed E-state index contributed by atoms with van der Waals surface area (Å²) >= 11 is 0. The molecule has 98 valence electrons. The predicted octanol–water partition coefficient (Wildman–Crippen LogP) is 4.31. The van der Waals surface area contributed by atoms with Gasteiger partial charge in [-0.05, 0) is 47.7 Å². The van der Waals surface area contributed by atoms with E-state index in [4.69, 9.17) is 5.11 Å². The molecule has 0 aliphatic rings. The van der Waals surface area contributed by atoms with Crippen molar-refractivity contribution in [1.29, 1.82) is 0 Å². The molecule has 19 heavy (non-hydrogen) atoms. The highest BCUT2D eigenvalue weighted by Crippen LogP contribution is 2.24. The van der Waals surface area contributed by atoms with Crippen LogP contribution in [-0.2, 0) is 6.42 Å². The summed E-state index contributed by atoms with van der Waals surface area (Å²) in [7, 11) is 0. The molecule has 0 unspecified atom stereocenters. The molecule has 0 heterocycles. The maximum Gasteiger partial charge on any atom is 0.335 e. The maximum atomic E-state index is 11.1. The second-order valence-electron chi connectivity index (χ2n) is 4.84. The van der Waals surface area contributed by atoms with Crippen molar-refractivity contribution in [2.75, 3.05) is 0 Å². The summed E-state index contributed by atoms with van der Waals surface area (Å²) in [5.41, 5.74) is 4.65. The van der Waals surface area contributed by atoms with Gasteiger partial charge in [0.2, 0.25) is 0 Å². The third kappa shape index (κ3) is 3.22. The van der Waals surface area contributed by atoms with Gasteiger partial charge in [0.05, 0.1) is 5.56 Å². The number of hydrogen-bond donors (Lipinski definition) is 1. The van der Waals surface area contributed by atoms with E-state index in [0.29, 0.717) is 5.56 Å². The fourth-order valence-corrected chi connectivity index (χ4v) is 2.27. The average molecular weight is 254 g/mol. The Bertz CT molecular complexity index is 600. The van der Waals surface area contributed by atoms with Crippen LogP contribution in [0.25, 0.3) is 11.1 Å². The molecular formula is C17H18O2. The van der Waals surface area contributed by atoms with Crippen LogP contribution in [0.15, 0.2) is 42.5 Å². The van der Waals surface area contributed by atoms with Gasteiger partial charge in [0, 0.05) is 0 Å². The Morgan fingerprint density at radius 3 is 2.58 bits per heavy atom. The molecule has 0 atom stereocenters. The normalized spacial score (nSPS) is 10.4. The van der Waals surface area contributed by atoms with Crippen molar-refractivity contribution < 1.29 is 9.90 Å². The van der Waals surface area contributed by atoms with E-state index in [0.717, 1.165) is 29.5 Å². The van der Waals surface area contributed by atoms with E-state index in [1.807, 2.05) is 25.1 Å². The minimum absolute atomic E-state index is 0.343. The standard InChI is InChI=1S/C17H18O2/c1-3-5-13-6-4-7-14(10-13)15-8-12(2)9-16(11-15)17(18)19/h4,6-11H,3,5H2,1-2H3,(H,18,19). The Morgan fingerprint density at radius 1 is 1.11 bits per heavy atom. The Morgan fingerprint density at radius 2 is 1.89 bits per heavy atom. The highest BCUT2D eigenvalue weighted by atomic mass is 16.4. The first-order chi connectivity index (χ1) is 9.10. The molecule has 0 spiro atoms. The zero-order valence-electron chi connectivity index (χ0n) is 11.3. The SMILES string of the molecule is CCCc1cccc(-c2cc(C)cc(C(=O)O)c2)c1. The first-order valence-corrected chi connectivity index (χ1v) is 6.54. The van der Waals surface area contributed by atoms with Crippen molar-refractivity contribution in [1.82, 2.24) is 0 Å². The zero-order valence-corrected chi connectivity index (χ0v) is 11.3. The third-order valence-electron chi connectivity index (χ3n) is 3.12. The van der Waals surface area contributed by atoms with Gasteiger partial charge in [0.1, 0.15) is 0 Å². The molecule has 1 N–H and O–H groups in total. The first-order valence-electron chi connectivity index (χ1n) is 6.54. The smallest absolute Gasteiger partial charge is 0.335 e. The summed E-state index contributed by atoms with van der Waals surface area (Å²) in [6.45, 7) is 4.08. The van der Waals surface area contributed by atoms with Crippen LogP contribution in [0.1, 0.15) is 34.8 Å². The van der Waals surface area contributed by atoms with E-state index in [1.165, 1.54) is 5.56 Å². The Balaban J connectivity index is 2.46. The Labute approximate surface area is 113 Å². The molecule has 2 aromatic carbocycles. The fourth-order valence-electron chi connectivity index (χ4n) is 2.27. The van der Waals surface area contributed by atoms with E-state index in [2.05, 4.69) is 19.1 Å². The lowest BCUT2D eigenvalue weighted by Crippen LogP contribution is -1.97. The van der Waals surface area contributed by atoms with Crippen LogP contribution < -0.4 is 0 Å². The van der Waals surface area contributed by atoms with Gasteiger partial charge in [-0.1, -0.05) is 43.7 Å². The number of benzene rings is 2. The van der Waals surface area contributed by atoms with Gasteiger partial charge in [-0.25, -0.2) is 4.79 Å². The topological polar surface area (TPSA) is 37.3 Å². The van der Waals surface area contributed by atoms with Crippen molar-refractivity contribution in [3.05, 3.63) is 59.2 Å². The Kier molecular flexibility index (Phi) is 4.00. The molecule has 2 nitrogen and oxygen atoms in total. The summed E-state index contributed by atoms with van der Waals surface area (Å²) in [6, 6.07) is 13.8. The average Bonchev–Trinajstić information content (AvgIpc) is 2.38. The lowest BCUT2D eigenvalue weighted by atomic mass is 9.98. The van der Waals surface area contributed by atoms with Crippen LogP contribution in [-0.4, -0.2) is 11.1 Å². The van der Waals surface area contributed by atoms with Gasteiger partial charge < -0.3 is 5.11 Å². The predicted molar refractivity (Wildman–Crippen MR) is 77.6 cm³/mol. The number of hydrogen-bond acceptors (Lipinski definition) is 1. The molecule has 0 aliphatic carbocycles. The molecule has 2 rings (SSSR count). The molecule has 0 radical (unpaired) electrons. The second kappa shape index (κ2) is 5.70. The summed E-state index contributed by atoms with van der Waals surface area (Å²) in [4.78, 5) is 11.1. The Hall–Kier alpha value is -2.09. The number of carboxylic acids is 1. The van der Waals surface area contributed by atoms with Crippen molar-refractivity contribution in [3.8, 4) is 11.1 Å². The summed E-state index contributed by atoms with van der Waals surface area (Å²) < 4.78 is 0. The maximum absolute atomic E-state index is 11.1. The van der Waals surface area contributed by atoms with Crippen LogP contribution in [0.5, 0.6) is 0 Å². The van der Waals surface area contributed by atoms with E-state index in [-0.39, 0.29) is 0 Å². The van der Waals surface area contributed by atoms with E-state index >= 15 is 0 Å². The summed E-state index contributed by atoms with van der Waals surface area (Å²) in [5.74, 6) is -0.880. The van der Waals surface area contributed by atoms with Gasteiger partial charge in [0.15, 0.2) is 0 Å². The summed E-state index contributed by atoms with van der Waals surface area (Å²) in [6.07, 6.45) is 2.16. The lowest BCUT2D eigenvalue weighted by Gasteiger charge is -2.07. The van der Waals surface area contributed by atoms with Gasteiger partial charge >= 0.3 is 5.97 Å². The number of aryl methyl sites for hydroxylation is 2. The molecule has 2 aromatic rings.